The molecule has 0 saturated carbocycles. The second-order valence-corrected chi connectivity index (χ2v) is 12.1. The number of nitrogens with zero attached hydrogens (tertiary/aromatic N) is 1. The number of carbonyl (C=O) groups excluding carboxylic acids is 2. The van der Waals surface area contributed by atoms with Gasteiger partial charge in [0.15, 0.2) is 5.54 Å². The second kappa shape index (κ2) is 11.0. The second-order valence-electron chi connectivity index (χ2n) is 10.0. The minimum atomic E-state index is -3.84. The average Bonchev–Trinajstić information content (AvgIpc) is 2.84. The van der Waals surface area contributed by atoms with Gasteiger partial charge in [-0.15, -0.1) is 0 Å². The van der Waals surface area contributed by atoms with Crippen LogP contribution in [0.25, 0.3) is 11.1 Å². The maximum absolute atomic E-state index is 13.1. The Labute approximate surface area is 234 Å². The number of amides is 1. The van der Waals surface area contributed by atoms with Gasteiger partial charge in [-0.25, -0.2) is 13.2 Å². The van der Waals surface area contributed by atoms with E-state index in [2.05, 4.69) is 10.0 Å². The van der Waals surface area contributed by atoms with Gasteiger partial charge in [0.05, 0.1) is 11.5 Å². The number of nitrogens with one attached hydrogen (secondary N) is 2. The first kappa shape index (κ1) is 28.6. The highest BCUT2D eigenvalue weighted by atomic mass is 35.5. The van der Waals surface area contributed by atoms with Gasteiger partial charge < -0.3 is 15.0 Å². The molecular formula is C29H32ClN3O5S. The number of likely N-dealkylation sites (N-methyl/N-ethyl adjacent to an activating group) is 1. The summed E-state index contributed by atoms with van der Waals surface area (Å²) in [6.45, 7) is 8.02. The molecule has 1 saturated heterocycles. The third kappa shape index (κ3) is 5.95. The third-order valence-corrected chi connectivity index (χ3v) is 8.69. The molecule has 3 aromatic carbocycles. The van der Waals surface area contributed by atoms with Crippen molar-refractivity contribution < 1.29 is 22.7 Å². The summed E-state index contributed by atoms with van der Waals surface area (Å²) in [5.74, 6) is -0.788. The normalized spacial score (nSPS) is 14.8. The smallest absolute Gasteiger partial charge is 0.334 e. The number of esters is 1. The summed E-state index contributed by atoms with van der Waals surface area (Å²) in [6.07, 6.45) is 0. The number of aryl methyl sites for hydroxylation is 3. The van der Waals surface area contributed by atoms with Crippen molar-refractivity contribution >= 4 is 39.2 Å². The summed E-state index contributed by atoms with van der Waals surface area (Å²) in [4.78, 5) is 27.8. The molecule has 0 aliphatic carbocycles. The van der Waals surface area contributed by atoms with Gasteiger partial charge in [-0.1, -0.05) is 35.9 Å². The predicted octanol–water partition coefficient (Wildman–Crippen LogP) is 4.71. The molecule has 0 bridgehead atoms. The zero-order chi connectivity index (χ0) is 28.5. The number of rotatable bonds is 8. The van der Waals surface area contributed by atoms with E-state index in [1.54, 1.807) is 63.2 Å². The molecule has 0 aromatic heterocycles. The maximum atomic E-state index is 13.1. The lowest BCUT2D eigenvalue weighted by Gasteiger charge is -2.46. The minimum absolute atomic E-state index is 0.166. The van der Waals surface area contributed by atoms with Crippen LogP contribution in [0.15, 0.2) is 59.5 Å². The predicted molar refractivity (Wildman–Crippen MR) is 153 cm³/mol. The molecule has 39 heavy (non-hydrogen) atoms. The summed E-state index contributed by atoms with van der Waals surface area (Å²) >= 11 is 6.14. The SMILES string of the molecule is CCOC(=O)C1(NC(=O)c2ccc(-c3cccc(NS(=O)(=O)c4cc(C)c(Cl)cc4C)c3)cc2C)CN(C)C1. The first-order chi connectivity index (χ1) is 18.3. The lowest BCUT2D eigenvalue weighted by atomic mass is 9.89. The molecule has 1 fully saturated rings. The molecule has 0 radical (unpaired) electrons. The number of sulfonamides is 1. The first-order valence-electron chi connectivity index (χ1n) is 12.5. The van der Waals surface area contributed by atoms with E-state index in [9.17, 15) is 18.0 Å². The molecule has 4 rings (SSSR count). The maximum Gasteiger partial charge on any atom is 0.334 e. The monoisotopic (exact) mass is 569 g/mol. The molecule has 3 aromatic rings. The van der Waals surface area contributed by atoms with E-state index in [0.717, 1.165) is 16.7 Å². The summed E-state index contributed by atoms with van der Waals surface area (Å²) in [5.41, 5.74) is 3.33. The van der Waals surface area contributed by atoms with Crippen LogP contribution in [0, 0.1) is 20.8 Å². The van der Waals surface area contributed by atoms with Crippen molar-refractivity contribution in [1.82, 2.24) is 10.2 Å². The molecule has 0 spiro atoms. The lowest BCUT2D eigenvalue weighted by molar-refractivity contribution is -0.157. The van der Waals surface area contributed by atoms with E-state index >= 15 is 0 Å². The van der Waals surface area contributed by atoms with Crippen molar-refractivity contribution in [3.63, 3.8) is 0 Å². The fourth-order valence-electron chi connectivity index (χ4n) is 4.80. The number of carbonyl (C=O) groups is 2. The standard InChI is InChI=1S/C29H32ClN3O5S/c1-6-38-28(35)29(16-33(5)17-29)31-27(34)24-11-10-22(12-18(24)2)21-8-7-9-23(15-21)32-39(36,37)26-14-19(3)25(30)13-20(26)4/h7-15,32H,6,16-17H2,1-5H3,(H,31,34). The van der Waals surface area contributed by atoms with Crippen molar-refractivity contribution in [2.75, 3.05) is 31.5 Å². The van der Waals surface area contributed by atoms with Gasteiger partial charge in [-0.2, -0.15) is 0 Å². The number of ether oxygens (including phenoxy) is 1. The molecule has 206 valence electrons. The summed E-state index contributed by atoms with van der Waals surface area (Å²) in [7, 11) is -1.97. The number of anilines is 1. The van der Waals surface area contributed by atoms with Gasteiger partial charge in [-0.3, -0.25) is 9.52 Å². The largest absolute Gasteiger partial charge is 0.464 e. The molecule has 1 amide bonds. The number of halogens is 1. The average molecular weight is 570 g/mol. The Hall–Kier alpha value is -3.40. The van der Waals surface area contributed by atoms with Crippen molar-refractivity contribution in [2.24, 2.45) is 0 Å². The Morgan fingerprint density at radius 1 is 0.974 bits per heavy atom. The molecule has 8 nitrogen and oxygen atoms in total. The van der Waals surface area contributed by atoms with Gasteiger partial charge in [0.25, 0.3) is 15.9 Å². The highest BCUT2D eigenvalue weighted by molar-refractivity contribution is 7.92. The van der Waals surface area contributed by atoms with E-state index in [4.69, 9.17) is 16.3 Å². The van der Waals surface area contributed by atoms with Crippen LogP contribution in [0.4, 0.5) is 5.69 Å². The van der Waals surface area contributed by atoms with Crippen molar-refractivity contribution in [1.29, 1.82) is 0 Å². The molecule has 0 unspecified atom stereocenters. The van der Waals surface area contributed by atoms with Crippen LogP contribution in [0.5, 0.6) is 0 Å². The Morgan fingerprint density at radius 3 is 2.31 bits per heavy atom. The zero-order valence-electron chi connectivity index (χ0n) is 22.6. The van der Waals surface area contributed by atoms with Gasteiger partial charge in [-0.05, 0) is 92.9 Å². The van der Waals surface area contributed by atoms with Gasteiger partial charge in [0, 0.05) is 29.4 Å². The molecule has 1 aliphatic heterocycles. The highest BCUT2D eigenvalue weighted by Gasteiger charge is 2.50. The Kier molecular flexibility index (Phi) is 8.07. The Balaban J connectivity index is 1.55. The lowest BCUT2D eigenvalue weighted by Crippen LogP contribution is -2.73. The van der Waals surface area contributed by atoms with Crippen LogP contribution >= 0.6 is 11.6 Å². The molecule has 1 aliphatic rings. The van der Waals surface area contributed by atoms with Gasteiger partial charge in [0.1, 0.15) is 0 Å². The van der Waals surface area contributed by atoms with E-state index in [-0.39, 0.29) is 17.4 Å². The van der Waals surface area contributed by atoms with Gasteiger partial charge >= 0.3 is 5.97 Å². The van der Waals surface area contributed by atoms with E-state index in [1.807, 2.05) is 31.0 Å². The van der Waals surface area contributed by atoms with Crippen LogP contribution in [-0.2, 0) is 19.6 Å². The molecule has 0 atom stereocenters. The summed E-state index contributed by atoms with van der Waals surface area (Å²) < 4.78 is 34.1. The number of hydrogen-bond acceptors (Lipinski definition) is 6. The summed E-state index contributed by atoms with van der Waals surface area (Å²) in [6, 6.07) is 15.6. The first-order valence-corrected chi connectivity index (χ1v) is 14.4. The van der Waals surface area contributed by atoms with E-state index < -0.39 is 21.5 Å². The Morgan fingerprint density at radius 2 is 1.67 bits per heavy atom. The number of hydrogen-bond donors (Lipinski definition) is 2. The molecule has 10 heteroatoms. The van der Waals surface area contributed by atoms with Crippen LogP contribution in [-0.4, -0.2) is 57.5 Å². The van der Waals surface area contributed by atoms with Crippen LogP contribution < -0.4 is 10.0 Å². The van der Waals surface area contributed by atoms with E-state index in [1.165, 1.54) is 0 Å². The molecular weight excluding hydrogens is 538 g/mol. The van der Waals surface area contributed by atoms with Gasteiger partial charge in [0.2, 0.25) is 0 Å². The summed E-state index contributed by atoms with van der Waals surface area (Å²) in [5, 5.41) is 3.39. The minimum Gasteiger partial charge on any atom is -0.464 e. The van der Waals surface area contributed by atoms with Crippen molar-refractivity contribution in [3.05, 3.63) is 81.9 Å². The quantitative estimate of drug-likeness (QED) is 0.381. The fraction of sp³-hybridized carbons (Fsp3) is 0.310. The number of likely N-dealkylation sites (tertiary alicyclic amines) is 1. The van der Waals surface area contributed by atoms with E-state index in [0.29, 0.717) is 40.5 Å². The van der Waals surface area contributed by atoms with Crippen molar-refractivity contribution in [2.45, 2.75) is 38.1 Å². The zero-order valence-corrected chi connectivity index (χ0v) is 24.2. The van der Waals surface area contributed by atoms with Crippen molar-refractivity contribution in [3.8, 4) is 11.1 Å². The van der Waals surface area contributed by atoms with Crippen LogP contribution in [0.3, 0.4) is 0 Å². The molecule has 2 N–H and O–H groups in total. The Bertz CT molecular complexity index is 1550. The van der Waals surface area contributed by atoms with Crippen LogP contribution in [0.2, 0.25) is 5.02 Å². The number of benzene rings is 3. The third-order valence-electron chi connectivity index (χ3n) is 6.76. The van der Waals surface area contributed by atoms with Crippen LogP contribution in [0.1, 0.15) is 34.0 Å². The topological polar surface area (TPSA) is 105 Å². The fourth-order valence-corrected chi connectivity index (χ4v) is 6.38. The molecule has 1 heterocycles. The highest BCUT2D eigenvalue weighted by Crippen LogP contribution is 2.29.